The zero-order valence-corrected chi connectivity index (χ0v) is 21.5. The number of methoxy groups -OCH3 is 1. The van der Waals surface area contributed by atoms with Crippen LogP contribution in [0, 0.1) is 11.2 Å². The van der Waals surface area contributed by atoms with Crippen LogP contribution in [0.3, 0.4) is 0 Å². The second-order valence-corrected chi connectivity index (χ2v) is 10.4. The first-order chi connectivity index (χ1) is 17.7. The molecule has 0 aliphatic heterocycles. The molecule has 0 heterocycles. The normalized spacial score (nSPS) is 16.7. The highest BCUT2D eigenvalue weighted by atomic mass is 19.3. The van der Waals surface area contributed by atoms with Gasteiger partial charge in [-0.2, -0.15) is 0 Å². The number of aryl methyl sites for hydroxylation is 1. The summed E-state index contributed by atoms with van der Waals surface area (Å²) in [5.41, 5.74) is 3.56. The first kappa shape index (κ1) is 26.8. The van der Waals surface area contributed by atoms with E-state index >= 15 is 0 Å². The van der Waals surface area contributed by atoms with Crippen LogP contribution >= 0.6 is 0 Å². The number of benzene rings is 3. The molecule has 0 aromatic heterocycles. The summed E-state index contributed by atoms with van der Waals surface area (Å²) in [4.78, 5) is 11.5. The molecule has 37 heavy (non-hydrogen) atoms. The number of carbonyl (C=O) groups excluding carboxylic acids is 1. The standard InChI is InChI=1S/C31H33F3O3/c1-31(2)15-5-8-27(31)25-17-21(9-12-24(25)26-18-22(30(33)34)11-13-28(26)32)19-37-23-7-4-6-20(16-23)10-14-29(35)36-3/h4,6-7,9,11-13,16-18,27,30H,5,8,10,14-15,19H2,1-3H3/t27-/m1/s1. The molecule has 4 rings (SSSR count). The smallest absolute Gasteiger partial charge is 0.305 e. The molecule has 0 amide bonds. The molecule has 1 aliphatic rings. The summed E-state index contributed by atoms with van der Waals surface area (Å²) < 4.78 is 52.5. The van der Waals surface area contributed by atoms with Gasteiger partial charge in [0, 0.05) is 17.5 Å². The van der Waals surface area contributed by atoms with Crippen LogP contribution in [0.25, 0.3) is 11.1 Å². The molecule has 3 aromatic rings. The molecule has 0 saturated heterocycles. The third-order valence-corrected chi connectivity index (χ3v) is 7.43. The van der Waals surface area contributed by atoms with Gasteiger partial charge in [-0.3, -0.25) is 4.79 Å². The van der Waals surface area contributed by atoms with E-state index in [-0.39, 0.29) is 28.4 Å². The maximum absolute atomic E-state index is 14.9. The van der Waals surface area contributed by atoms with Gasteiger partial charge in [0.15, 0.2) is 0 Å². The highest BCUT2D eigenvalue weighted by molar-refractivity contribution is 5.70. The van der Waals surface area contributed by atoms with E-state index in [0.717, 1.165) is 48.1 Å². The van der Waals surface area contributed by atoms with E-state index in [2.05, 4.69) is 13.8 Å². The van der Waals surface area contributed by atoms with Crippen LogP contribution in [0.1, 0.15) is 74.1 Å². The number of rotatable bonds is 9. The predicted octanol–water partition coefficient (Wildman–Crippen LogP) is 8.41. The zero-order chi connectivity index (χ0) is 26.6. The molecule has 0 bridgehead atoms. The Morgan fingerprint density at radius 3 is 2.54 bits per heavy atom. The molecule has 6 heteroatoms. The van der Waals surface area contributed by atoms with Crippen LogP contribution in [0.5, 0.6) is 5.75 Å². The van der Waals surface area contributed by atoms with Crippen molar-refractivity contribution in [3.05, 3.63) is 88.7 Å². The molecule has 1 atom stereocenters. The number of esters is 1. The van der Waals surface area contributed by atoms with Crippen molar-refractivity contribution < 1.29 is 27.4 Å². The summed E-state index contributed by atoms with van der Waals surface area (Å²) in [6.07, 6.45) is 1.27. The molecule has 0 N–H and O–H groups in total. The topological polar surface area (TPSA) is 35.5 Å². The van der Waals surface area contributed by atoms with E-state index in [4.69, 9.17) is 9.47 Å². The number of halogens is 3. The number of carbonyl (C=O) groups is 1. The molecular weight excluding hydrogens is 477 g/mol. The van der Waals surface area contributed by atoms with Crippen LogP contribution in [0.4, 0.5) is 13.2 Å². The number of hydrogen-bond donors (Lipinski definition) is 0. The second-order valence-electron chi connectivity index (χ2n) is 10.4. The molecule has 196 valence electrons. The Bertz CT molecular complexity index is 1250. The Morgan fingerprint density at radius 2 is 1.84 bits per heavy atom. The summed E-state index contributed by atoms with van der Waals surface area (Å²) in [5, 5.41) is 0. The van der Waals surface area contributed by atoms with Crippen molar-refractivity contribution in [2.24, 2.45) is 5.41 Å². The fourth-order valence-electron chi connectivity index (χ4n) is 5.33. The number of alkyl halides is 2. The predicted molar refractivity (Wildman–Crippen MR) is 138 cm³/mol. The minimum Gasteiger partial charge on any atom is -0.489 e. The van der Waals surface area contributed by atoms with Crippen molar-refractivity contribution in [1.29, 1.82) is 0 Å². The van der Waals surface area contributed by atoms with E-state index in [9.17, 15) is 18.0 Å². The lowest BCUT2D eigenvalue weighted by Gasteiger charge is -2.30. The fourth-order valence-corrected chi connectivity index (χ4v) is 5.33. The highest BCUT2D eigenvalue weighted by Gasteiger charge is 2.37. The number of ether oxygens (including phenoxy) is 2. The van der Waals surface area contributed by atoms with Gasteiger partial charge in [0.2, 0.25) is 0 Å². The Morgan fingerprint density at radius 1 is 1.03 bits per heavy atom. The SMILES string of the molecule is COC(=O)CCc1cccc(OCc2ccc(-c3cc(C(F)F)ccc3F)c([C@H]3CCCC3(C)C)c2)c1. The van der Waals surface area contributed by atoms with Crippen LogP contribution in [-0.4, -0.2) is 13.1 Å². The second kappa shape index (κ2) is 11.4. The molecule has 0 spiro atoms. The number of hydrogen-bond acceptors (Lipinski definition) is 3. The van der Waals surface area contributed by atoms with Gasteiger partial charge >= 0.3 is 5.97 Å². The monoisotopic (exact) mass is 510 g/mol. The molecule has 1 saturated carbocycles. The van der Waals surface area contributed by atoms with Crippen LogP contribution < -0.4 is 4.74 Å². The van der Waals surface area contributed by atoms with Crippen molar-refractivity contribution in [3.63, 3.8) is 0 Å². The van der Waals surface area contributed by atoms with Gasteiger partial charge in [-0.25, -0.2) is 13.2 Å². The van der Waals surface area contributed by atoms with Gasteiger partial charge < -0.3 is 9.47 Å². The van der Waals surface area contributed by atoms with Crippen LogP contribution in [0.2, 0.25) is 0 Å². The minimum atomic E-state index is -2.67. The Labute approximate surface area is 216 Å². The first-order valence-electron chi connectivity index (χ1n) is 12.7. The molecule has 1 fully saturated rings. The lowest BCUT2D eigenvalue weighted by atomic mass is 9.75. The van der Waals surface area contributed by atoms with E-state index in [0.29, 0.717) is 30.8 Å². The molecule has 3 aromatic carbocycles. The Kier molecular flexibility index (Phi) is 8.25. The lowest BCUT2D eigenvalue weighted by molar-refractivity contribution is -0.140. The molecule has 3 nitrogen and oxygen atoms in total. The summed E-state index contributed by atoms with van der Waals surface area (Å²) in [7, 11) is 1.37. The summed E-state index contributed by atoms with van der Waals surface area (Å²) in [6, 6.07) is 16.9. The Balaban J connectivity index is 1.62. The van der Waals surface area contributed by atoms with Gasteiger partial charge in [-0.15, -0.1) is 0 Å². The van der Waals surface area contributed by atoms with Crippen molar-refractivity contribution in [3.8, 4) is 16.9 Å². The molecular formula is C31H33F3O3. The van der Waals surface area contributed by atoms with Crippen molar-refractivity contribution in [1.82, 2.24) is 0 Å². The fraction of sp³-hybridized carbons (Fsp3) is 0.387. The minimum absolute atomic E-state index is 0.0129. The lowest BCUT2D eigenvalue weighted by Crippen LogP contribution is -2.17. The van der Waals surface area contributed by atoms with E-state index in [1.54, 1.807) is 0 Å². The maximum atomic E-state index is 14.9. The van der Waals surface area contributed by atoms with Gasteiger partial charge in [-0.05, 0) is 77.1 Å². The highest BCUT2D eigenvalue weighted by Crippen LogP contribution is 2.51. The van der Waals surface area contributed by atoms with Crippen molar-refractivity contribution >= 4 is 5.97 Å². The average molecular weight is 511 g/mol. The van der Waals surface area contributed by atoms with Gasteiger partial charge in [0.25, 0.3) is 6.43 Å². The van der Waals surface area contributed by atoms with Crippen LogP contribution in [-0.2, 0) is 22.6 Å². The maximum Gasteiger partial charge on any atom is 0.305 e. The van der Waals surface area contributed by atoms with Crippen LogP contribution in [0.15, 0.2) is 60.7 Å². The first-order valence-corrected chi connectivity index (χ1v) is 12.7. The van der Waals surface area contributed by atoms with E-state index < -0.39 is 12.2 Å². The summed E-state index contributed by atoms with van der Waals surface area (Å²) >= 11 is 0. The molecule has 0 unspecified atom stereocenters. The van der Waals surface area contributed by atoms with Crippen molar-refractivity contribution in [2.75, 3.05) is 7.11 Å². The Hall–Kier alpha value is -3.28. The van der Waals surface area contributed by atoms with E-state index in [1.165, 1.54) is 13.2 Å². The van der Waals surface area contributed by atoms with Crippen molar-refractivity contribution in [2.45, 2.75) is 64.9 Å². The quantitative estimate of drug-likeness (QED) is 0.271. The zero-order valence-electron chi connectivity index (χ0n) is 21.5. The largest absolute Gasteiger partial charge is 0.489 e. The third-order valence-electron chi connectivity index (χ3n) is 7.43. The molecule has 0 radical (unpaired) electrons. The average Bonchev–Trinajstić information content (AvgIpc) is 3.25. The molecule has 1 aliphatic carbocycles. The van der Waals surface area contributed by atoms with Gasteiger partial charge in [0.1, 0.15) is 18.2 Å². The third kappa shape index (κ3) is 6.35. The summed E-state index contributed by atoms with van der Waals surface area (Å²) in [6.45, 7) is 4.73. The summed E-state index contributed by atoms with van der Waals surface area (Å²) in [5.74, 6) is 0.0992. The van der Waals surface area contributed by atoms with Gasteiger partial charge in [0.05, 0.1) is 7.11 Å². The van der Waals surface area contributed by atoms with E-state index in [1.807, 2.05) is 42.5 Å². The van der Waals surface area contributed by atoms with Gasteiger partial charge in [-0.1, -0.05) is 56.7 Å².